The zero-order valence-electron chi connectivity index (χ0n) is 17.8. The Hall–Kier alpha value is -2.97. The number of carbonyl (C=O) groups is 1. The molecule has 0 radical (unpaired) electrons. The predicted molar refractivity (Wildman–Crippen MR) is 130 cm³/mol. The van der Waals surface area contributed by atoms with E-state index >= 15 is 0 Å². The number of hydrogen-bond acceptors (Lipinski definition) is 5. The first-order valence-electron chi connectivity index (χ1n) is 10.1. The Kier molecular flexibility index (Phi) is 8.58. The molecule has 0 saturated heterocycles. The van der Waals surface area contributed by atoms with Gasteiger partial charge >= 0.3 is 0 Å². The lowest BCUT2D eigenvalue weighted by atomic mass is 10.2. The summed E-state index contributed by atoms with van der Waals surface area (Å²) in [6, 6.07) is 24.8. The molecule has 0 saturated carbocycles. The Morgan fingerprint density at radius 2 is 1.56 bits per heavy atom. The van der Waals surface area contributed by atoms with Gasteiger partial charge in [-0.3, -0.25) is 9.10 Å². The van der Waals surface area contributed by atoms with Crippen LogP contribution in [0.1, 0.15) is 5.56 Å². The van der Waals surface area contributed by atoms with Gasteiger partial charge in [0.25, 0.3) is 10.0 Å². The third kappa shape index (κ3) is 6.51. The Morgan fingerprint density at radius 3 is 2.19 bits per heavy atom. The quantitative estimate of drug-likeness (QED) is 0.430. The molecule has 0 spiro atoms. The van der Waals surface area contributed by atoms with E-state index < -0.39 is 10.0 Å². The second kappa shape index (κ2) is 11.6. The fourth-order valence-corrected chi connectivity index (χ4v) is 5.26. The first kappa shape index (κ1) is 23.7. The maximum Gasteiger partial charge on any atom is 0.264 e. The normalized spacial score (nSPS) is 11.0. The number of nitrogens with zero attached hydrogens (tertiary/aromatic N) is 1. The van der Waals surface area contributed by atoms with Crippen LogP contribution in [0.5, 0.6) is 5.75 Å². The highest BCUT2D eigenvalue weighted by Gasteiger charge is 2.27. The number of carbonyl (C=O) groups excluding carboxylic acids is 1. The molecule has 32 heavy (non-hydrogen) atoms. The summed E-state index contributed by atoms with van der Waals surface area (Å²) < 4.78 is 32.8. The Bertz CT molecular complexity index is 1090. The molecule has 0 unspecified atom stereocenters. The van der Waals surface area contributed by atoms with Crippen molar-refractivity contribution >= 4 is 33.4 Å². The topological polar surface area (TPSA) is 75.7 Å². The minimum atomic E-state index is -3.91. The summed E-state index contributed by atoms with van der Waals surface area (Å²) in [4.78, 5) is 12.7. The van der Waals surface area contributed by atoms with Crippen molar-refractivity contribution in [3.63, 3.8) is 0 Å². The molecule has 3 aromatic carbocycles. The van der Waals surface area contributed by atoms with E-state index in [4.69, 9.17) is 4.74 Å². The number of benzene rings is 3. The van der Waals surface area contributed by atoms with Crippen molar-refractivity contribution in [1.82, 2.24) is 5.32 Å². The molecule has 8 heteroatoms. The maximum atomic E-state index is 13.3. The van der Waals surface area contributed by atoms with E-state index in [1.165, 1.54) is 24.8 Å². The highest BCUT2D eigenvalue weighted by molar-refractivity contribution is 7.98. The molecule has 0 heterocycles. The van der Waals surface area contributed by atoms with Crippen LogP contribution in [0.4, 0.5) is 5.69 Å². The second-order valence-electron chi connectivity index (χ2n) is 6.91. The highest BCUT2D eigenvalue weighted by Crippen LogP contribution is 2.25. The van der Waals surface area contributed by atoms with Crippen LogP contribution in [0.15, 0.2) is 89.8 Å². The smallest absolute Gasteiger partial charge is 0.264 e. The van der Waals surface area contributed by atoms with Crippen molar-refractivity contribution in [1.29, 1.82) is 0 Å². The second-order valence-corrected chi connectivity index (χ2v) is 9.88. The van der Waals surface area contributed by atoms with E-state index in [1.54, 1.807) is 54.2 Å². The van der Waals surface area contributed by atoms with Crippen LogP contribution in [0.2, 0.25) is 0 Å². The van der Waals surface area contributed by atoms with Crippen LogP contribution in [0.3, 0.4) is 0 Å². The van der Waals surface area contributed by atoms with Gasteiger partial charge in [0, 0.05) is 18.1 Å². The van der Waals surface area contributed by atoms with E-state index in [0.29, 0.717) is 18.0 Å². The molecule has 0 aliphatic heterocycles. The molecule has 168 valence electrons. The average Bonchev–Trinajstić information content (AvgIpc) is 2.83. The predicted octanol–water partition coefficient (Wildman–Crippen LogP) is 3.94. The molecule has 3 rings (SSSR count). The van der Waals surface area contributed by atoms with E-state index in [-0.39, 0.29) is 17.3 Å². The first-order chi connectivity index (χ1) is 15.5. The summed E-state index contributed by atoms with van der Waals surface area (Å²) in [5.41, 5.74) is 1.62. The monoisotopic (exact) mass is 470 g/mol. The van der Waals surface area contributed by atoms with Gasteiger partial charge in [-0.15, -0.1) is 0 Å². The van der Waals surface area contributed by atoms with Gasteiger partial charge in [-0.2, -0.15) is 11.8 Å². The SMILES string of the molecule is COc1ccc(N(CC(=O)NCCSCc2ccccc2)S(=O)(=O)c2ccccc2)cc1. The number of ether oxygens (including phenoxy) is 1. The third-order valence-corrected chi connectivity index (χ3v) is 7.48. The van der Waals surface area contributed by atoms with E-state index in [9.17, 15) is 13.2 Å². The molecule has 1 amide bonds. The van der Waals surface area contributed by atoms with Crippen molar-refractivity contribution in [2.24, 2.45) is 0 Å². The van der Waals surface area contributed by atoms with Gasteiger partial charge in [-0.05, 0) is 42.0 Å². The molecule has 1 N–H and O–H groups in total. The number of nitrogens with one attached hydrogen (secondary N) is 1. The van der Waals surface area contributed by atoms with Gasteiger partial charge in [0.15, 0.2) is 0 Å². The third-order valence-electron chi connectivity index (χ3n) is 4.66. The van der Waals surface area contributed by atoms with Gasteiger partial charge in [0.05, 0.1) is 17.7 Å². The Labute approximate surface area is 193 Å². The van der Waals surface area contributed by atoms with Crippen molar-refractivity contribution < 1.29 is 17.9 Å². The first-order valence-corrected chi connectivity index (χ1v) is 12.7. The molecule has 0 bridgehead atoms. The minimum Gasteiger partial charge on any atom is -0.497 e. The molecule has 6 nitrogen and oxygen atoms in total. The number of sulfonamides is 1. The van der Waals surface area contributed by atoms with Gasteiger partial charge in [-0.25, -0.2) is 8.42 Å². The zero-order chi connectivity index (χ0) is 22.8. The fraction of sp³-hybridized carbons (Fsp3) is 0.208. The lowest BCUT2D eigenvalue weighted by Crippen LogP contribution is -2.41. The molecule has 0 aliphatic rings. The number of amides is 1. The van der Waals surface area contributed by atoms with E-state index in [1.807, 2.05) is 18.2 Å². The summed E-state index contributed by atoms with van der Waals surface area (Å²) >= 11 is 1.71. The van der Waals surface area contributed by atoms with Gasteiger partial charge in [0.1, 0.15) is 12.3 Å². The number of rotatable bonds is 11. The largest absolute Gasteiger partial charge is 0.497 e. The van der Waals surface area contributed by atoms with Crippen LogP contribution in [-0.4, -0.2) is 40.3 Å². The Balaban J connectivity index is 1.64. The lowest BCUT2D eigenvalue weighted by molar-refractivity contribution is -0.119. The van der Waals surface area contributed by atoms with Crippen LogP contribution >= 0.6 is 11.8 Å². The minimum absolute atomic E-state index is 0.127. The standard InChI is InChI=1S/C24H26N2O4S2/c1-30-22-14-12-21(13-15-22)26(32(28,29)23-10-6-3-7-11-23)18-24(27)25-16-17-31-19-20-8-4-2-5-9-20/h2-15H,16-19H2,1H3,(H,25,27). The van der Waals surface area contributed by atoms with Crippen LogP contribution in [0, 0.1) is 0 Å². The highest BCUT2D eigenvalue weighted by atomic mass is 32.2. The summed E-state index contributed by atoms with van der Waals surface area (Å²) in [6.07, 6.45) is 0. The molecule has 0 fully saturated rings. The van der Waals surface area contributed by atoms with Crippen LogP contribution < -0.4 is 14.4 Å². The zero-order valence-corrected chi connectivity index (χ0v) is 19.4. The van der Waals surface area contributed by atoms with Gasteiger partial charge in [0.2, 0.25) is 5.91 Å². The number of anilines is 1. The van der Waals surface area contributed by atoms with Crippen LogP contribution in [0.25, 0.3) is 0 Å². The molecule has 0 aromatic heterocycles. The van der Waals surface area contributed by atoms with Crippen molar-refractivity contribution in [3.8, 4) is 5.75 Å². The molecule has 0 aliphatic carbocycles. The van der Waals surface area contributed by atoms with Gasteiger partial charge in [-0.1, -0.05) is 48.5 Å². The number of hydrogen-bond donors (Lipinski definition) is 1. The maximum absolute atomic E-state index is 13.3. The van der Waals surface area contributed by atoms with Crippen LogP contribution in [-0.2, 0) is 20.6 Å². The Morgan fingerprint density at radius 1 is 0.938 bits per heavy atom. The molecular weight excluding hydrogens is 444 g/mol. The summed E-state index contributed by atoms with van der Waals surface area (Å²) in [6.45, 7) is 0.144. The fourth-order valence-electron chi connectivity index (χ4n) is 3.00. The molecular formula is C24H26N2O4S2. The number of methoxy groups -OCH3 is 1. The van der Waals surface area contributed by atoms with Crippen molar-refractivity contribution in [2.45, 2.75) is 10.6 Å². The average molecular weight is 471 g/mol. The lowest BCUT2D eigenvalue weighted by Gasteiger charge is -2.24. The van der Waals surface area contributed by atoms with Crippen molar-refractivity contribution in [2.75, 3.05) is 30.3 Å². The van der Waals surface area contributed by atoms with Gasteiger partial charge < -0.3 is 10.1 Å². The van der Waals surface area contributed by atoms with E-state index in [2.05, 4.69) is 17.4 Å². The summed E-state index contributed by atoms with van der Waals surface area (Å²) in [7, 11) is -2.38. The molecule has 0 atom stereocenters. The summed E-state index contributed by atoms with van der Waals surface area (Å²) in [5.74, 6) is 1.83. The van der Waals surface area contributed by atoms with E-state index in [0.717, 1.165) is 15.8 Å². The molecule has 3 aromatic rings. The van der Waals surface area contributed by atoms with Crippen molar-refractivity contribution in [3.05, 3.63) is 90.5 Å². The number of thioether (sulfide) groups is 1. The summed E-state index contributed by atoms with van der Waals surface area (Å²) in [5, 5.41) is 2.82.